The van der Waals surface area contributed by atoms with Crippen molar-refractivity contribution in [2.75, 3.05) is 44.4 Å². The first-order valence-corrected chi connectivity index (χ1v) is 15.8. The monoisotopic (exact) mass is 572 g/mol. The first-order chi connectivity index (χ1) is 17.3. The fourth-order valence-corrected chi connectivity index (χ4v) is 5.07. The lowest BCUT2D eigenvalue weighted by molar-refractivity contribution is -0.122. The number of hydrogen-bond donors (Lipinski definition) is 5. The van der Waals surface area contributed by atoms with Gasteiger partial charge in [-0.25, -0.2) is 4.79 Å². The van der Waals surface area contributed by atoms with Crippen LogP contribution < -0.4 is 21.7 Å². The predicted octanol–water partition coefficient (Wildman–Crippen LogP) is 1.76. The molecule has 0 fully saturated rings. The molecule has 0 rings (SSSR count). The minimum Gasteiger partial charge on any atom is -0.448 e. The average molecular weight is 573 g/mol. The van der Waals surface area contributed by atoms with Crippen molar-refractivity contribution < 1.29 is 37.9 Å². The van der Waals surface area contributed by atoms with Gasteiger partial charge in [0.2, 0.25) is 11.8 Å². The van der Waals surface area contributed by atoms with E-state index < -0.39 is 20.4 Å². The van der Waals surface area contributed by atoms with Crippen LogP contribution in [0, 0.1) is 0 Å². The number of nitrogens with one attached hydrogen (secondary N) is 3. The molecule has 12 nitrogen and oxygen atoms in total. The third-order valence-corrected chi connectivity index (χ3v) is 7.47. The molecule has 0 spiro atoms. The van der Waals surface area contributed by atoms with Crippen molar-refractivity contribution in [3.8, 4) is 0 Å². The van der Waals surface area contributed by atoms with Crippen LogP contribution in [-0.2, 0) is 28.2 Å². The molecule has 0 aliphatic carbocycles. The van der Waals surface area contributed by atoms with Crippen molar-refractivity contribution >= 4 is 54.0 Å². The lowest BCUT2D eigenvalue weighted by atomic mass is 10.2. The summed E-state index contributed by atoms with van der Waals surface area (Å²) in [6, 6.07) is -0.465. The number of ether oxygens (including phenoxy) is 1. The van der Waals surface area contributed by atoms with Gasteiger partial charge in [-0.1, -0.05) is 40.9 Å². The van der Waals surface area contributed by atoms with Gasteiger partial charge < -0.3 is 40.6 Å². The molecule has 1 unspecified atom stereocenters. The minimum absolute atomic E-state index is 0.0192. The Balaban J connectivity index is 3.43. The third-order valence-electron chi connectivity index (χ3n) is 4.56. The number of aldehydes is 1. The van der Waals surface area contributed by atoms with Crippen LogP contribution in [0.4, 0.5) is 4.79 Å². The lowest BCUT2D eigenvalue weighted by Crippen LogP contribution is -2.31. The Morgan fingerprint density at radius 1 is 0.861 bits per heavy atom. The van der Waals surface area contributed by atoms with Crippen molar-refractivity contribution in [2.24, 2.45) is 5.73 Å². The SMILES string of the molecule is N[C@H](C=O)CSSCCC(=O)NCCCCCC(=O)NCCOC(=O)NCCCCCCO[PH](=O)O. The van der Waals surface area contributed by atoms with Gasteiger partial charge in [0.25, 0.3) is 0 Å². The van der Waals surface area contributed by atoms with Gasteiger partial charge >= 0.3 is 14.3 Å². The van der Waals surface area contributed by atoms with Crippen LogP contribution in [0.3, 0.4) is 0 Å². The highest BCUT2D eigenvalue weighted by Crippen LogP contribution is 2.21. The molecule has 210 valence electrons. The molecular formula is C21H41N4O8PS2. The van der Waals surface area contributed by atoms with Crippen molar-refractivity contribution in [2.45, 2.75) is 63.8 Å². The molecule has 0 aliphatic heterocycles. The second kappa shape index (κ2) is 25.3. The first kappa shape index (κ1) is 34.7. The fourth-order valence-electron chi connectivity index (χ4n) is 2.67. The highest BCUT2D eigenvalue weighted by Gasteiger charge is 2.05. The van der Waals surface area contributed by atoms with Gasteiger partial charge in [0.15, 0.2) is 0 Å². The molecule has 0 saturated carbocycles. The maximum atomic E-state index is 11.8. The molecule has 0 aromatic heterocycles. The van der Waals surface area contributed by atoms with Crippen LogP contribution in [-0.4, -0.2) is 79.5 Å². The summed E-state index contributed by atoms with van der Waals surface area (Å²) in [5.74, 6) is 1.06. The van der Waals surface area contributed by atoms with E-state index in [9.17, 15) is 23.7 Å². The average Bonchev–Trinajstić information content (AvgIpc) is 2.84. The summed E-state index contributed by atoms with van der Waals surface area (Å²) in [7, 11) is 0.151. The Hall–Kier alpha value is -1.31. The molecule has 36 heavy (non-hydrogen) atoms. The van der Waals surface area contributed by atoms with Crippen LogP contribution in [0.1, 0.15) is 57.8 Å². The second-order valence-electron chi connectivity index (χ2n) is 7.76. The molecule has 0 bridgehead atoms. The Kier molecular flexibility index (Phi) is 24.4. The zero-order valence-electron chi connectivity index (χ0n) is 20.7. The highest BCUT2D eigenvalue weighted by molar-refractivity contribution is 8.76. The lowest BCUT2D eigenvalue weighted by Gasteiger charge is -2.08. The van der Waals surface area contributed by atoms with E-state index in [1.165, 1.54) is 21.6 Å². The number of carbonyl (C=O) groups is 4. The second-order valence-corrected chi connectivity index (χ2v) is 11.2. The summed E-state index contributed by atoms with van der Waals surface area (Å²) >= 11 is 0. The van der Waals surface area contributed by atoms with E-state index in [2.05, 4.69) is 20.5 Å². The van der Waals surface area contributed by atoms with Gasteiger partial charge in [0.1, 0.15) is 12.9 Å². The largest absolute Gasteiger partial charge is 0.448 e. The topological polar surface area (TPSA) is 186 Å². The zero-order chi connectivity index (χ0) is 26.9. The van der Waals surface area contributed by atoms with Gasteiger partial charge in [0.05, 0.1) is 19.2 Å². The van der Waals surface area contributed by atoms with Crippen LogP contribution in [0.15, 0.2) is 0 Å². The number of rotatable bonds is 24. The quantitative estimate of drug-likeness (QED) is 0.0491. The van der Waals surface area contributed by atoms with Crippen molar-refractivity contribution in [3.05, 3.63) is 0 Å². The molecule has 6 N–H and O–H groups in total. The van der Waals surface area contributed by atoms with Crippen molar-refractivity contribution in [1.29, 1.82) is 0 Å². The summed E-state index contributed by atoms with van der Waals surface area (Å²) in [6.45, 7) is 1.63. The Labute approximate surface area is 221 Å². The van der Waals surface area contributed by atoms with E-state index in [0.29, 0.717) is 56.6 Å². The summed E-state index contributed by atoms with van der Waals surface area (Å²) in [4.78, 5) is 54.0. The molecule has 15 heteroatoms. The number of carbonyl (C=O) groups excluding carboxylic acids is 4. The maximum Gasteiger partial charge on any atom is 0.407 e. The Morgan fingerprint density at radius 2 is 1.50 bits per heavy atom. The number of nitrogens with two attached hydrogens (primary N) is 1. The Morgan fingerprint density at radius 3 is 2.22 bits per heavy atom. The molecule has 0 heterocycles. The van der Waals surface area contributed by atoms with Crippen LogP contribution in [0.5, 0.6) is 0 Å². The van der Waals surface area contributed by atoms with Gasteiger partial charge in [-0.2, -0.15) is 0 Å². The maximum absolute atomic E-state index is 11.8. The fraction of sp³-hybridized carbons (Fsp3) is 0.810. The molecule has 0 aliphatic rings. The minimum atomic E-state index is -2.85. The molecule has 0 saturated heterocycles. The van der Waals surface area contributed by atoms with Crippen LogP contribution in [0.25, 0.3) is 0 Å². The molecule has 0 aromatic carbocycles. The van der Waals surface area contributed by atoms with Gasteiger partial charge in [0, 0.05) is 37.4 Å². The molecule has 2 atom stereocenters. The van der Waals surface area contributed by atoms with Gasteiger partial charge in [-0.15, -0.1) is 0 Å². The van der Waals surface area contributed by atoms with Crippen LogP contribution >= 0.6 is 29.8 Å². The number of alkyl carbamates (subject to hydrolysis) is 1. The summed E-state index contributed by atoms with van der Waals surface area (Å²) in [5.41, 5.74) is 5.48. The molecule has 0 aromatic rings. The van der Waals surface area contributed by atoms with Crippen molar-refractivity contribution in [3.63, 3.8) is 0 Å². The van der Waals surface area contributed by atoms with E-state index in [4.69, 9.17) is 15.4 Å². The molecule has 3 amide bonds. The standard InChI is InChI=1S/C21H41N4O8PS2/c22-18(16-26)17-36-35-15-9-20(28)23-10-6-3-4-8-19(27)24-12-14-32-21(29)25-11-5-1-2-7-13-33-34(30)31/h16,18,34H,1-15,17,22H2,(H,23,28)(H,24,27)(H,25,29)(H,30,31)/t18-/m1/s1. The van der Waals surface area contributed by atoms with E-state index in [1.807, 2.05) is 0 Å². The van der Waals surface area contributed by atoms with Gasteiger partial charge in [-0.3, -0.25) is 14.2 Å². The number of hydrogen-bond acceptors (Lipinski definition) is 10. The van der Waals surface area contributed by atoms with E-state index in [1.54, 1.807) is 0 Å². The van der Waals surface area contributed by atoms with E-state index in [0.717, 1.165) is 32.1 Å². The number of unbranched alkanes of at least 4 members (excludes halogenated alkanes) is 5. The van der Waals surface area contributed by atoms with Crippen LogP contribution in [0.2, 0.25) is 0 Å². The van der Waals surface area contributed by atoms with Crippen molar-refractivity contribution in [1.82, 2.24) is 16.0 Å². The summed E-state index contributed by atoms with van der Waals surface area (Å²) < 4.78 is 19.9. The normalized spacial score (nSPS) is 12.4. The smallest absolute Gasteiger partial charge is 0.407 e. The Bertz CT molecular complexity index is 649. The number of amides is 3. The predicted molar refractivity (Wildman–Crippen MR) is 143 cm³/mol. The molecular weight excluding hydrogens is 531 g/mol. The zero-order valence-corrected chi connectivity index (χ0v) is 23.3. The first-order valence-electron chi connectivity index (χ1n) is 12.1. The van der Waals surface area contributed by atoms with E-state index >= 15 is 0 Å². The summed E-state index contributed by atoms with van der Waals surface area (Å²) in [6.07, 6.45) is 6.42. The molecule has 0 radical (unpaired) electrons. The highest BCUT2D eigenvalue weighted by atomic mass is 33.1. The summed E-state index contributed by atoms with van der Waals surface area (Å²) in [5, 5.41) is 8.17. The van der Waals surface area contributed by atoms with E-state index in [-0.39, 0.29) is 31.6 Å². The van der Waals surface area contributed by atoms with Gasteiger partial charge in [-0.05, 0) is 25.7 Å². The third kappa shape index (κ3) is 25.8.